The van der Waals surface area contributed by atoms with Gasteiger partial charge in [0, 0.05) is 19.3 Å². The molecule has 1 aromatic heterocycles. The van der Waals surface area contributed by atoms with E-state index in [4.69, 9.17) is 0 Å². The molecule has 0 saturated heterocycles. The molecule has 0 saturated carbocycles. The molecule has 0 aliphatic carbocycles. The van der Waals surface area contributed by atoms with Gasteiger partial charge in [0.05, 0.1) is 5.69 Å². The van der Waals surface area contributed by atoms with E-state index >= 15 is 0 Å². The number of hydrogen-bond acceptors (Lipinski definition) is 2. The molecule has 3 heteroatoms. The van der Waals surface area contributed by atoms with Gasteiger partial charge in [-0.25, -0.2) is 0 Å². The maximum atomic E-state index is 4.39. The molecule has 12 heavy (non-hydrogen) atoms. The van der Waals surface area contributed by atoms with Gasteiger partial charge in [-0.05, 0) is 19.0 Å². The quantitative estimate of drug-likeness (QED) is 0.718. The second-order valence-electron chi connectivity index (χ2n) is 2.85. The zero-order valence-electron chi connectivity index (χ0n) is 7.88. The van der Waals surface area contributed by atoms with Crippen LogP contribution in [-0.2, 0) is 13.1 Å². The Hall–Kier alpha value is -0.830. The lowest BCUT2D eigenvalue weighted by Crippen LogP contribution is -2.12. The summed E-state index contributed by atoms with van der Waals surface area (Å²) < 4.78 is 1.99. The summed E-state index contributed by atoms with van der Waals surface area (Å²) in [6.45, 7) is 7.16. The number of aromatic nitrogens is 2. The largest absolute Gasteiger partial charge is 0.311 e. The van der Waals surface area contributed by atoms with Crippen molar-refractivity contribution in [2.75, 3.05) is 6.54 Å². The van der Waals surface area contributed by atoms with Crippen LogP contribution < -0.4 is 5.32 Å². The minimum atomic E-state index is 0.882. The first-order valence-electron chi connectivity index (χ1n) is 4.59. The Bertz CT molecular complexity index is 217. The molecule has 0 aliphatic rings. The van der Waals surface area contributed by atoms with Gasteiger partial charge in [-0.1, -0.05) is 13.8 Å². The van der Waals surface area contributed by atoms with Crippen molar-refractivity contribution in [1.82, 2.24) is 15.1 Å². The normalized spacial score (nSPS) is 10.5. The van der Waals surface area contributed by atoms with E-state index in [0.29, 0.717) is 0 Å². The topological polar surface area (TPSA) is 29.9 Å². The van der Waals surface area contributed by atoms with Crippen LogP contribution >= 0.6 is 0 Å². The van der Waals surface area contributed by atoms with E-state index in [1.54, 1.807) is 0 Å². The van der Waals surface area contributed by atoms with Crippen LogP contribution in [0.25, 0.3) is 0 Å². The molecule has 0 radical (unpaired) electrons. The molecule has 0 unspecified atom stereocenters. The molecule has 1 aromatic rings. The highest BCUT2D eigenvalue weighted by atomic mass is 15.3. The third kappa shape index (κ3) is 2.66. The van der Waals surface area contributed by atoms with E-state index in [1.165, 1.54) is 0 Å². The molecular formula is C9H17N3. The van der Waals surface area contributed by atoms with Gasteiger partial charge in [0.2, 0.25) is 0 Å². The van der Waals surface area contributed by atoms with Crippen LogP contribution in [0, 0.1) is 0 Å². The first kappa shape index (κ1) is 9.26. The van der Waals surface area contributed by atoms with Gasteiger partial charge < -0.3 is 5.32 Å². The second kappa shape index (κ2) is 4.93. The van der Waals surface area contributed by atoms with Crippen LogP contribution in [-0.4, -0.2) is 16.3 Å². The van der Waals surface area contributed by atoms with Gasteiger partial charge in [0.25, 0.3) is 0 Å². The Labute approximate surface area is 73.8 Å². The predicted molar refractivity (Wildman–Crippen MR) is 49.9 cm³/mol. The highest BCUT2D eigenvalue weighted by Crippen LogP contribution is 1.95. The highest BCUT2D eigenvalue weighted by Gasteiger charge is 1.95. The average Bonchev–Trinajstić information content (AvgIpc) is 2.50. The molecule has 3 nitrogen and oxygen atoms in total. The van der Waals surface area contributed by atoms with Crippen LogP contribution in [0.3, 0.4) is 0 Å². The van der Waals surface area contributed by atoms with Crippen LogP contribution in [0.4, 0.5) is 0 Å². The van der Waals surface area contributed by atoms with Crippen molar-refractivity contribution in [2.24, 2.45) is 0 Å². The molecule has 0 aromatic carbocycles. The molecule has 0 fully saturated rings. The van der Waals surface area contributed by atoms with Gasteiger partial charge in [-0.2, -0.15) is 5.10 Å². The van der Waals surface area contributed by atoms with Crippen LogP contribution in [0.1, 0.15) is 26.0 Å². The molecule has 1 N–H and O–H groups in total. The lowest BCUT2D eigenvalue weighted by atomic mass is 10.4. The van der Waals surface area contributed by atoms with Crippen LogP contribution in [0.2, 0.25) is 0 Å². The van der Waals surface area contributed by atoms with Crippen LogP contribution in [0.5, 0.6) is 0 Å². The minimum Gasteiger partial charge on any atom is -0.311 e. The average molecular weight is 167 g/mol. The number of rotatable bonds is 5. The maximum Gasteiger partial charge on any atom is 0.0762 e. The predicted octanol–water partition coefficient (Wildman–Crippen LogP) is 1.40. The Kier molecular flexibility index (Phi) is 3.80. The standard InChI is InChI=1S/C9H17N3/c1-3-6-12-7-5-9(11-12)8-10-4-2/h5,7,10H,3-4,6,8H2,1-2H3. The molecule has 0 bridgehead atoms. The summed E-state index contributed by atoms with van der Waals surface area (Å²) >= 11 is 0. The van der Waals surface area contributed by atoms with E-state index in [2.05, 4.69) is 30.3 Å². The van der Waals surface area contributed by atoms with Crippen molar-refractivity contribution in [3.05, 3.63) is 18.0 Å². The second-order valence-corrected chi connectivity index (χ2v) is 2.85. The smallest absolute Gasteiger partial charge is 0.0762 e. The molecule has 1 rings (SSSR count). The van der Waals surface area contributed by atoms with E-state index < -0.39 is 0 Å². The summed E-state index contributed by atoms with van der Waals surface area (Å²) in [6.07, 6.45) is 3.18. The molecular weight excluding hydrogens is 150 g/mol. The van der Waals surface area contributed by atoms with Gasteiger partial charge >= 0.3 is 0 Å². The first-order chi connectivity index (χ1) is 5.86. The molecule has 0 amide bonds. The fourth-order valence-corrected chi connectivity index (χ4v) is 1.10. The maximum absolute atomic E-state index is 4.39. The Morgan fingerprint density at radius 1 is 1.50 bits per heavy atom. The summed E-state index contributed by atoms with van der Waals surface area (Å²) in [5, 5.41) is 7.64. The third-order valence-corrected chi connectivity index (χ3v) is 1.70. The minimum absolute atomic E-state index is 0.882. The van der Waals surface area contributed by atoms with E-state index in [0.717, 1.165) is 31.7 Å². The lowest BCUT2D eigenvalue weighted by Gasteiger charge is -1.97. The van der Waals surface area contributed by atoms with Crippen LogP contribution in [0.15, 0.2) is 12.3 Å². The number of nitrogens with one attached hydrogen (secondary N) is 1. The summed E-state index contributed by atoms with van der Waals surface area (Å²) in [7, 11) is 0. The highest BCUT2D eigenvalue weighted by molar-refractivity contribution is 4.98. The fraction of sp³-hybridized carbons (Fsp3) is 0.667. The first-order valence-corrected chi connectivity index (χ1v) is 4.59. The number of aryl methyl sites for hydroxylation is 1. The Morgan fingerprint density at radius 2 is 2.33 bits per heavy atom. The third-order valence-electron chi connectivity index (χ3n) is 1.70. The van der Waals surface area contributed by atoms with Crippen molar-refractivity contribution >= 4 is 0 Å². The van der Waals surface area contributed by atoms with Gasteiger partial charge in [-0.15, -0.1) is 0 Å². The molecule has 1 heterocycles. The van der Waals surface area contributed by atoms with Crippen molar-refractivity contribution in [2.45, 2.75) is 33.4 Å². The number of nitrogens with zero attached hydrogens (tertiary/aromatic N) is 2. The van der Waals surface area contributed by atoms with Crippen molar-refractivity contribution in [1.29, 1.82) is 0 Å². The van der Waals surface area contributed by atoms with Crippen molar-refractivity contribution < 1.29 is 0 Å². The summed E-state index contributed by atoms with van der Waals surface area (Å²) in [5.41, 5.74) is 1.13. The number of hydrogen-bond donors (Lipinski definition) is 1. The van der Waals surface area contributed by atoms with Gasteiger partial charge in [-0.3, -0.25) is 4.68 Å². The van der Waals surface area contributed by atoms with Crippen molar-refractivity contribution in [3.8, 4) is 0 Å². The molecule has 0 aliphatic heterocycles. The van der Waals surface area contributed by atoms with Gasteiger partial charge in [0.1, 0.15) is 0 Å². The SMILES string of the molecule is CCCn1ccc(CNCC)n1. The zero-order chi connectivity index (χ0) is 8.81. The zero-order valence-corrected chi connectivity index (χ0v) is 7.88. The van der Waals surface area contributed by atoms with E-state index in [1.807, 2.05) is 10.9 Å². The molecule has 68 valence electrons. The van der Waals surface area contributed by atoms with E-state index in [9.17, 15) is 0 Å². The summed E-state index contributed by atoms with van der Waals surface area (Å²) in [6, 6.07) is 2.07. The lowest BCUT2D eigenvalue weighted by molar-refractivity contribution is 0.585. The van der Waals surface area contributed by atoms with E-state index in [-0.39, 0.29) is 0 Å². The Balaban J connectivity index is 2.41. The van der Waals surface area contributed by atoms with Crippen molar-refractivity contribution in [3.63, 3.8) is 0 Å². The van der Waals surface area contributed by atoms with Gasteiger partial charge in [0.15, 0.2) is 0 Å². The summed E-state index contributed by atoms with van der Waals surface area (Å²) in [4.78, 5) is 0. The Morgan fingerprint density at radius 3 is 3.00 bits per heavy atom. The molecule has 0 atom stereocenters. The fourth-order valence-electron chi connectivity index (χ4n) is 1.10. The summed E-state index contributed by atoms with van der Waals surface area (Å²) in [5.74, 6) is 0. The monoisotopic (exact) mass is 167 g/mol. The molecule has 0 spiro atoms.